The molecule has 92 valence electrons. The Morgan fingerprint density at radius 3 is 2.65 bits per heavy atom. The van der Waals surface area contributed by atoms with E-state index >= 15 is 0 Å². The van der Waals surface area contributed by atoms with Crippen molar-refractivity contribution in [2.24, 2.45) is 0 Å². The Kier molecular flexibility index (Phi) is 3.15. The zero-order valence-electron chi connectivity index (χ0n) is 10.9. The fraction of sp³-hybridized carbons (Fsp3) is 0.538. The van der Waals surface area contributed by atoms with Gasteiger partial charge in [0.15, 0.2) is 0 Å². The van der Waals surface area contributed by atoms with Crippen molar-refractivity contribution in [3.63, 3.8) is 0 Å². The highest BCUT2D eigenvalue weighted by Gasteiger charge is 2.36. The van der Waals surface area contributed by atoms with Crippen molar-refractivity contribution in [1.29, 1.82) is 0 Å². The molecule has 3 rings (SSSR count). The molecule has 0 atom stereocenters. The van der Waals surface area contributed by atoms with Gasteiger partial charge in [-0.15, -0.1) is 5.10 Å². The molecule has 0 saturated carbocycles. The zero-order valence-corrected chi connectivity index (χ0v) is 10.9. The Morgan fingerprint density at radius 2 is 2.06 bits per heavy atom. The van der Waals surface area contributed by atoms with E-state index in [-0.39, 0.29) is 5.54 Å². The van der Waals surface area contributed by atoms with Gasteiger partial charge in [0.2, 0.25) is 0 Å². The molecular weight excluding hydrogens is 214 g/mol. The van der Waals surface area contributed by atoms with Gasteiger partial charge in [-0.2, -0.15) is 5.10 Å². The minimum absolute atomic E-state index is 0.0928. The minimum atomic E-state index is 0.0928. The summed E-state index contributed by atoms with van der Waals surface area (Å²) in [5.41, 5.74) is 3.40. The molecule has 0 N–H and O–H groups in total. The van der Waals surface area contributed by atoms with Crippen molar-refractivity contribution in [3.8, 4) is 0 Å². The van der Waals surface area contributed by atoms with Gasteiger partial charge >= 0.3 is 0 Å². The first-order chi connectivity index (χ1) is 8.21. The number of fused-ring (bicyclic) bond motifs is 1. The highest BCUT2D eigenvalue weighted by atomic mass is 16.5. The number of rotatable bonds is 1. The third kappa shape index (κ3) is 1.82. The predicted molar refractivity (Wildman–Crippen MR) is 68.1 cm³/mol. The molecule has 4 nitrogen and oxygen atoms in total. The first-order valence-electron chi connectivity index (χ1n) is 6.08. The van der Waals surface area contributed by atoms with Crippen molar-refractivity contribution in [2.45, 2.75) is 33.2 Å². The molecule has 0 bridgehead atoms. The van der Waals surface area contributed by atoms with Crippen LogP contribution in [0.15, 0.2) is 18.5 Å². The monoisotopic (exact) mass is 233 g/mol. The molecule has 0 aliphatic carbocycles. The van der Waals surface area contributed by atoms with Crippen molar-refractivity contribution in [1.82, 2.24) is 14.8 Å². The molecule has 1 aliphatic heterocycles. The van der Waals surface area contributed by atoms with Crippen LogP contribution in [0.5, 0.6) is 0 Å². The van der Waals surface area contributed by atoms with Crippen molar-refractivity contribution in [3.05, 3.63) is 24.0 Å². The van der Waals surface area contributed by atoms with E-state index in [2.05, 4.69) is 34.8 Å². The van der Waals surface area contributed by atoms with Crippen LogP contribution in [0, 0.1) is 6.92 Å². The summed E-state index contributed by atoms with van der Waals surface area (Å²) < 4.78 is 7.55. The summed E-state index contributed by atoms with van der Waals surface area (Å²) in [6.07, 6.45) is 3.88. The van der Waals surface area contributed by atoms with Crippen LogP contribution in [-0.4, -0.2) is 28.0 Å². The van der Waals surface area contributed by atoms with E-state index < -0.39 is 0 Å². The van der Waals surface area contributed by atoms with E-state index in [1.54, 1.807) is 6.20 Å². The molecule has 17 heavy (non-hydrogen) atoms. The lowest BCUT2D eigenvalue weighted by Crippen LogP contribution is -2.48. The van der Waals surface area contributed by atoms with Crippen LogP contribution in [0.3, 0.4) is 0 Å². The number of hydrogen-bond acceptors (Lipinski definition) is 3. The molecule has 0 unspecified atom stereocenters. The highest BCUT2D eigenvalue weighted by molar-refractivity contribution is 5.79. The quantitative estimate of drug-likeness (QED) is 0.759. The molecule has 0 amide bonds. The van der Waals surface area contributed by atoms with Crippen molar-refractivity contribution >= 4 is 11.0 Å². The van der Waals surface area contributed by atoms with Gasteiger partial charge in [-0.1, -0.05) is 13.8 Å². The van der Waals surface area contributed by atoms with Gasteiger partial charge in [0.1, 0.15) is 5.52 Å². The van der Waals surface area contributed by atoms with Crippen LogP contribution < -0.4 is 0 Å². The zero-order chi connectivity index (χ0) is 12.5. The average molecular weight is 233 g/mol. The standard InChI is InChI=1S/C11H13N3O.C2H6/c1-8-5-14(11(2)6-15-7-11)9-3-4-12-13-10(8)9;1-2/h3-5H,6-7H2,1-2H3;1-2H3. The summed E-state index contributed by atoms with van der Waals surface area (Å²) >= 11 is 0. The van der Waals surface area contributed by atoms with Gasteiger partial charge < -0.3 is 9.30 Å². The maximum absolute atomic E-state index is 5.29. The maximum Gasteiger partial charge on any atom is 0.114 e. The van der Waals surface area contributed by atoms with Crippen LogP contribution >= 0.6 is 0 Å². The Hall–Kier alpha value is -1.42. The molecule has 1 aliphatic rings. The van der Waals surface area contributed by atoms with Crippen LogP contribution in [0.1, 0.15) is 26.3 Å². The topological polar surface area (TPSA) is 39.9 Å². The number of aryl methyl sites for hydroxylation is 1. The van der Waals surface area contributed by atoms with Crippen LogP contribution in [0.4, 0.5) is 0 Å². The van der Waals surface area contributed by atoms with Gasteiger partial charge in [-0.25, -0.2) is 0 Å². The highest BCUT2D eigenvalue weighted by Crippen LogP contribution is 2.31. The van der Waals surface area contributed by atoms with E-state index in [0.29, 0.717) is 0 Å². The third-order valence-corrected chi connectivity index (χ3v) is 3.06. The molecule has 1 fully saturated rings. The van der Waals surface area contributed by atoms with Gasteiger partial charge in [0.25, 0.3) is 0 Å². The van der Waals surface area contributed by atoms with Gasteiger partial charge in [-0.3, -0.25) is 0 Å². The summed E-state index contributed by atoms with van der Waals surface area (Å²) in [4.78, 5) is 0. The van der Waals surface area contributed by atoms with Gasteiger partial charge in [0.05, 0.1) is 30.5 Å². The Balaban J connectivity index is 0.000000514. The van der Waals surface area contributed by atoms with Crippen LogP contribution in [0.25, 0.3) is 11.0 Å². The summed E-state index contributed by atoms with van der Waals surface area (Å²) in [7, 11) is 0. The number of ether oxygens (including phenoxy) is 1. The SMILES string of the molecule is CC.Cc1cn(C2(C)COC2)c2ccnnc12. The Morgan fingerprint density at radius 1 is 1.35 bits per heavy atom. The van der Waals surface area contributed by atoms with Crippen LogP contribution in [0.2, 0.25) is 0 Å². The predicted octanol–water partition coefficient (Wildman–Crippen LogP) is 2.51. The summed E-state index contributed by atoms with van der Waals surface area (Å²) in [6, 6.07) is 2.01. The van der Waals surface area contributed by atoms with Crippen molar-refractivity contribution in [2.75, 3.05) is 13.2 Å². The average Bonchev–Trinajstić information content (AvgIpc) is 2.68. The molecular formula is C13H19N3O. The van der Waals surface area contributed by atoms with Crippen LogP contribution in [-0.2, 0) is 10.3 Å². The number of hydrogen-bond donors (Lipinski definition) is 0. The molecule has 4 heteroatoms. The first-order valence-corrected chi connectivity index (χ1v) is 6.08. The van der Waals surface area contributed by atoms with Gasteiger partial charge in [0, 0.05) is 6.20 Å². The van der Waals surface area contributed by atoms with E-state index in [4.69, 9.17) is 4.74 Å². The lowest BCUT2D eigenvalue weighted by Gasteiger charge is -2.40. The lowest BCUT2D eigenvalue weighted by atomic mass is 10.0. The van der Waals surface area contributed by atoms with E-state index in [1.165, 1.54) is 5.56 Å². The second-order valence-corrected chi connectivity index (χ2v) is 4.44. The maximum atomic E-state index is 5.29. The normalized spacial score (nSPS) is 17.2. The Labute approximate surface area is 102 Å². The minimum Gasteiger partial charge on any atom is -0.376 e. The second-order valence-electron chi connectivity index (χ2n) is 4.44. The molecule has 0 radical (unpaired) electrons. The smallest absolute Gasteiger partial charge is 0.114 e. The summed E-state index contributed by atoms with van der Waals surface area (Å²) in [6.45, 7) is 9.82. The molecule has 2 aromatic heterocycles. The fourth-order valence-corrected chi connectivity index (χ4v) is 2.11. The summed E-state index contributed by atoms with van der Waals surface area (Å²) in [5.74, 6) is 0. The van der Waals surface area contributed by atoms with E-state index in [0.717, 1.165) is 24.2 Å². The summed E-state index contributed by atoms with van der Waals surface area (Å²) in [5, 5.41) is 8.08. The Bertz CT molecular complexity index is 514. The molecule has 1 saturated heterocycles. The second kappa shape index (κ2) is 4.45. The number of aromatic nitrogens is 3. The molecule has 0 spiro atoms. The number of nitrogens with zero attached hydrogens (tertiary/aromatic N) is 3. The fourth-order valence-electron chi connectivity index (χ4n) is 2.11. The van der Waals surface area contributed by atoms with Gasteiger partial charge in [-0.05, 0) is 25.5 Å². The van der Waals surface area contributed by atoms with Crippen molar-refractivity contribution < 1.29 is 4.74 Å². The molecule has 0 aromatic carbocycles. The first kappa shape index (κ1) is 12.0. The molecule has 2 aromatic rings. The largest absolute Gasteiger partial charge is 0.376 e. The van der Waals surface area contributed by atoms with E-state index in [9.17, 15) is 0 Å². The third-order valence-electron chi connectivity index (χ3n) is 3.06. The molecule has 3 heterocycles. The lowest BCUT2D eigenvalue weighted by molar-refractivity contribution is -0.0874. The van der Waals surface area contributed by atoms with E-state index in [1.807, 2.05) is 19.9 Å².